The van der Waals surface area contributed by atoms with Crippen molar-refractivity contribution in [1.82, 2.24) is 10.3 Å². The molecule has 0 aliphatic rings. The van der Waals surface area contributed by atoms with Crippen molar-refractivity contribution in [3.05, 3.63) is 50.9 Å². The minimum atomic E-state index is 0.347. The molecular weight excluding hydrogens is 284 g/mol. The number of thiazole rings is 1. The lowest BCUT2D eigenvalue weighted by atomic mass is 10.1. The average molecular weight is 297 g/mol. The molecular formula is C12H13BrN2S. The minimum Gasteiger partial charge on any atom is -0.305 e. The Kier molecular flexibility index (Phi) is 4.09. The van der Waals surface area contributed by atoms with Crippen LogP contribution in [0.2, 0.25) is 0 Å². The molecule has 0 bridgehead atoms. The molecule has 16 heavy (non-hydrogen) atoms. The lowest BCUT2D eigenvalue weighted by Crippen LogP contribution is -2.17. The zero-order valence-electron chi connectivity index (χ0n) is 8.98. The predicted molar refractivity (Wildman–Crippen MR) is 71.5 cm³/mol. The number of rotatable bonds is 4. The number of nitrogens with one attached hydrogen (secondary N) is 1. The molecule has 0 saturated heterocycles. The largest absolute Gasteiger partial charge is 0.305 e. The molecule has 1 aromatic carbocycles. The molecule has 0 radical (unpaired) electrons. The zero-order valence-corrected chi connectivity index (χ0v) is 11.4. The van der Waals surface area contributed by atoms with Crippen LogP contribution >= 0.6 is 27.3 Å². The van der Waals surface area contributed by atoms with Gasteiger partial charge in [-0.3, -0.25) is 4.98 Å². The number of hydrogen-bond acceptors (Lipinski definition) is 3. The standard InChI is InChI=1S/C12H13BrN2S/c1-9(10-3-2-4-11(13)5-10)15-7-12-6-14-8-16-12/h2-6,8-9,15H,7H2,1H3/t9-/m1/s1. The van der Waals surface area contributed by atoms with Gasteiger partial charge in [0.05, 0.1) is 5.51 Å². The summed E-state index contributed by atoms with van der Waals surface area (Å²) in [5.41, 5.74) is 3.15. The molecule has 84 valence electrons. The smallest absolute Gasteiger partial charge is 0.0794 e. The van der Waals surface area contributed by atoms with E-state index in [4.69, 9.17) is 0 Å². The third-order valence-electron chi connectivity index (χ3n) is 2.41. The van der Waals surface area contributed by atoms with Crippen molar-refractivity contribution in [2.45, 2.75) is 19.5 Å². The molecule has 0 aliphatic carbocycles. The van der Waals surface area contributed by atoms with Crippen LogP contribution in [0.5, 0.6) is 0 Å². The number of aromatic nitrogens is 1. The normalized spacial score (nSPS) is 12.6. The fourth-order valence-corrected chi connectivity index (χ4v) is 2.44. The highest BCUT2D eigenvalue weighted by Gasteiger charge is 2.05. The van der Waals surface area contributed by atoms with Gasteiger partial charge in [-0.25, -0.2) is 0 Å². The van der Waals surface area contributed by atoms with Gasteiger partial charge in [0.2, 0.25) is 0 Å². The number of halogens is 1. The van der Waals surface area contributed by atoms with E-state index in [2.05, 4.69) is 51.4 Å². The highest BCUT2D eigenvalue weighted by Crippen LogP contribution is 2.18. The molecule has 2 nitrogen and oxygen atoms in total. The predicted octanol–water partition coefficient (Wildman–Crippen LogP) is 3.76. The molecule has 4 heteroatoms. The fourth-order valence-electron chi connectivity index (χ4n) is 1.48. The van der Waals surface area contributed by atoms with E-state index in [1.54, 1.807) is 11.3 Å². The zero-order chi connectivity index (χ0) is 11.4. The van der Waals surface area contributed by atoms with Crippen LogP contribution in [0.3, 0.4) is 0 Å². The van der Waals surface area contributed by atoms with Crippen LogP contribution in [0.25, 0.3) is 0 Å². The van der Waals surface area contributed by atoms with Gasteiger partial charge < -0.3 is 5.32 Å². The summed E-state index contributed by atoms with van der Waals surface area (Å²) >= 11 is 5.16. The quantitative estimate of drug-likeness (QED) is 0.929. The van der Waals surface area contributed by atoms with E-state index in [1.165, 1.54) is 10.4 Å². The Morgan fingerprint density at radius 3 is 3.06 bits per heavy atom. The Hall–Kier alpha value is -0.710. The first-order valence-corrected chi connectivity index (χ1v) is 6.79. The third-order valence-corrected chi connectivity index (χ3v) is 3.69. The summed E-state index contributed by atoms with van der Waals surface area (Å²) in [4.78, 5) is 5.32. The van der Waals surface area contributed by atoms with Crippen LogP contribution in [-0.4, -0.2) is 4.98 Å². The van der Waals surface area contributed by atoms with Gasteiger partial charge in [0.15, 0.2) is 0 Å². The van der Waals surface area contributed by atoms with Crippen molar-refractivity contribution in [2.75, 3.05) is 0 Å². The Morgan fingerprint density at radius 1 is 1.50 bits per heavy atom. The first-order valence-electron chi connectivity index (χ1n) is 5.12. The summed E-state index contributed by atoms with van der Waals surface area (Å²) in [5.74, 6) is 0. The topological polar surface area (TPSA) is 24.9 Å². The molecule has 1 heterocycles. The van der Waals surface area contributed by atoms with Gasteiger partial charge in [-0.2, -0.15) is 0 Å². The van der Waals surface area contributed by atoms with E-state index in [1.807, 2.05) is 17.8 Å². The van der Waals surface area contributed by atoms with Crippen molar-refractivity contribution in [2.24, 2.45) is 0 Å². The van der Waals surface area contributed by atoms with Gasteiger partial charge in [0.25, 0.3) is 0 Å². The van der Waals surface area contributed by atoms with E-state index in [0.29, 0.717) is 6.04 Å². The van der Waals surface area contributed by atoms with E-state index >= 15 is 0 Å². The lowest BCUT2D eigenvalue weighted by Gasteiger charge is -2.13. The van der Waals surface area contributed by atoms with Crippen molar-refractivity contribution < 1.29 is 0 Å². The summed E-state index contributed by atoms with van der Waals surface area (Å²) in [7, 11) is 0. The minimum absolute atomic E-state index is 0.347. The van der Waals surface area contributed by atoms with Crippen LogP contribution < -0.4 is 5.32 Å². The number of benzene rings is 1. The summed E-state index contributed by atoms with van der Waals surface area (Å²) in [6, 6.07) is 8.72. The van der Waals surface area contributed by atoms with E-state index in [9.17, 15) is 0 Å². The second kappa shape index (κ2) is 5.57. The summed E-state index contributed by atoms with van der Waals surface area (Å²) < 4.78 is 1.12. The first kappa shape index (κ1) is 11.8. The molecule has 0 amide bonds. The maximum Gasteiger partial charge on any atom is 0.0794 e. The molecule has 2 aromatic rings. The van der Waals surface area contributed by atoms with E-state index in [0.717, 1.165) is 11.0 Å². The molecule has 1 atom stereocenters. The van der Waals surface area contributed by atoms with Crippen LogP contribution in [0.1, 0.15) is 23.4 Å². The van der Waals surface area contributed by atoms with Crippen molar-refractivity contribution in [3.63, 3.8) is 0 Å². The number of hydrogen-bond donors (Lipinski definition) is 1. The van der Waals surface area contributed by atoms with Crippen molar-refractivity contribution >= 4 is 27.3 Å². The van der Waals surface area contributed by atoms with Gasteiger partial charge in [-0.15, -0.1) is 11.3 Å². The third kappa shape index (κ3) is 3.14. The fraction of sp³-hybridized carbons (Fsp3) is 0.250. The molecule has 1 aromatic heterocycles. The molecule has 1 N–H and O–H groups in total. The second-order valence-corrected chi connectivity index (χ2v) is 5.51. The van der Waals surface area contributed by atoms with Gasteiger partial charge >= 0.3 is 0 Å². The summed E-state index contributed by atoms with van der Waals surface area (Å²) in [6.07, 6.45) is 1.91. The van der Waals surface area contributed by atoms with Gasteiger partial charge in [-0.05, 0) is 24.6 Å². The van der Waals surface area contributed by atoms with Crippen molar-refractivity contribution in [3.8, 4) is 0 Å². The second-order valence-electron chi connectivity index (χ2n) is 3.63. The van der Waals surface area contributed by atoms with E-state index < -0.39 is 0 Å². The van der Waals surface area contributed by atoms with Crippen LogP contribution in [-0.2, 0) is 6.54 Å². The Labute approximate surface area is 108 Å². The highest BCUT2D eigenvalue weighted by molar-refractivity contribution is 9.10. The Morgan fingerprint density at radius 2 is 2.38 bits per heavy atom. The van der Waals surface area contributed by atoms with Gasteiger partial charge in [0.1, 0.15) is 0 Å². The summed E-state index contributed by atoms with van der Waals surface area (Å²) in [5, 5.41) is 3.48. The molecule has 0 fully saturated rings. The lowest BCUT2D eigenvalue weighted by molar-refractivity contribution is 0.578. The number of nitrogens with zero attached hydrogens (tertiary/aromatic N) is 1. The Balaban J connectivity index is 1.95. The monoisotopic (exact) mass is 296 g/mol. The van der Waals surface area contributed by atoms with Crippen LogP contribution in [0, 0.1) is 0 Å². The SMILES string of the molecule is C[C@@H](NCc1cncs1)c1cccc(Br)c1. The van der Waals surface area contributed by atoms with Crippen molar-refractivity contribution in [1.29, 1.82) is 0 Å². The molecule has 0 spiro atoms. The summed E-state index contributed by atoms with van der Waals surface area (Å²) in [6.45, 7) is 3.04. The molecule has 2 rings (SSSR count). The molecule has 0 aliphatic heterocycles. The first-order chi connectivity index (χ1) is 7.75. The van der Waals surface area contributed by atoms with Gasteiger partial charge in [0, 0.05) is 28.1 Å². The maximum absolute atomic E-state index is 4.06. The highest BCUT2D eigenvalue weighted by atomic mass is 79.9. The van der Waals surface area contributed by atoms with E-state index in [-0.39, 0.29) is 0 Å². The van der Waals surface area contributed by atoms with Gasteiger partial charge in [-0.1, -0.05) is 28.1 Å². The maximum atomic E-state index is 4.06. The van der Waals surface area contributed by atoms with Crippen LogP contribution in [0.15, 0.2) is 40.4 Å². The average Bonchev–Trinajstić information content (AvgIpc) is 2.78. The molecule has 0 saturated carbocycles. The Bertz CT molecular complexity index is 442. The van der Waals surface area contributed by atoms with Crippen LogP contribution in [0.4, 0.5) is 0 Å². The molecule has 0 unspecified atom stereocenters.